The Hall–Kier alpha value is -1.75. The lowest BCUT2D eigenvalue weighted by Gasteiger charge is -2.06. The second-order valence-electron chi connectivity index (χ2n) is 3.60. The van der Waals surface area contributed by atoms with Gasteiger partial charge in [0.05, 0.1) is 30.2 Å². The zero-order valence-corrected chi connectivity index (χ0v) is 9.18. The molecule has 0 aliphatic heterocycles. The zero-order valence-electron chi connectivity index (χ0n) is 9.18. The van der Waals surface area contributed by atoms with Gasteiger partial charge < -0.3 is 20.1 Å². The number of nitrogen functional groups attached to an aromatic ring is 1. The molecule has 3 N–H and O–H groups in total. The van der Waals surface area contributed by atoms with Crippen molar-refractivity contribution in [2.45, 2.75) is 13.0 Å². The number of rotatable bonds is 4. The maximum absolute atomic E-state index is 8.80. The molecule has 0 saturated carbocycles. The van der Waals surface area contributed by atoms with Gasteiger partial charge in [-0.05, 0) is 12.5 Å². The number of hydrogen-bond donors (Lipinski definition) is 2. The van der Waals surface area contributed by atoms with Gasteiger partial charge in [-0.2, -0.15) is 0 Å². The predicted octanol–water partition coefficient (Wildman–Crippen LogP) is 1.01. The number of benzene rings is 1. The van der Waals surface area contributed by atoms with Crippen LogP contribution in [0.25, 0.3) is 11.0 Å². The highest BCUT2D eigenvalue weighted by Crippen LogP contribution is 2.27. The van der Waals surface area contributed by atoms with E-state index >= 15 is 0 Å². The zero-order chi connectivity index (χ0) is 11.5. The van der Waals surface area contributed by atoms with E-state index in [1.807, 2.05) is 16.7 Å². The fourth-order valence-corrected chi connectivity index (χ4v) is 1.70. The van der Waals surface area contributed by atoms with Gasteiger partial charge in [0.1, 0.15) is 5.75 Å². The lowest BCUT2D eigenvalue weighted by molar-refractivity contribution is 0.280. The number of aliphatic hydroxyl groups is 1. The molecule has 1 aromatic carbocycles. The van der Waals surface area contributed by atoms with Crippen molar-refractivity contribution < 1.29 is 9.84 Å². The minimum absolute atomic E-state index is 0.172. The fraction of sp³-hybridized carbons (Fsp3) is 0.364. The van der Waals surface area contributed by atoms with E-state index in [0.717, 1.165) is 17.6 Å². The first-order valence-corrected chi connectivity index (χ1v) is 5.15. The summed E-state index contributed by atoms with van der Waals surface area (Å²) in [4.78, 5) is 4.27. The summed E-state index contributed by atoms with van der Waals surface area (Å²) < 4.78 is 7.10. The third-order valence-corrected chi connectivity index (χ3v) is 2.53. The molecule has 2 rings (SSSR count). The number of fused-ring (bicyclic) bond motifs is 1. The highest BCUT2D eigenvalue weighted by Gasteiger charge is 2.07. The highest BCUT2D eigenvalue weighted by atomic mass is 16.5. The molecule has 0 fully saturated rings. The fourth-order valence-electron chi connectivity index (χ4n) is 1.70. The quantitative estimate of drug-likeness (QED) is 0.756. The maximum Gasteiger partial charge on any atom is 0.144 e. The van der Waals surface area contributed by atoms with Crippen LogP contribution in [0.15, 0.2) is 18.5 Å². The molecule has 0 aliphatic carbocycles. The van der Waals surface area contributed by atoms with Crippen LogP contribution in [0.5, 0.6) is 5.75 Å². The van der Waals surface area contributed by atoms with Crippen LogP contribution < -0.4 is 10.5 Å². The van der Waals surface area contributed by atoms with Crippen LogP contribution in [0.1, 0.15) is 6.42 Å². The molecule has 1 heterocycles. The smallest absolute Gasteiger partial charge is 0.144 e. The second kappa shape index (κ2) is 4.40. The van der Waals surface area contributed by atoms with Gasteiger partial charge in [-0.3, -0.25) is 0 Å². The van der Waals surface area contributed by atoms with Crippen LogP contribution >= 0.6 is 0 Å². The van der Waals surface area contributed by atoms with Crippen molar-refractivity contribution in [2.75, 3.05) is 19.5 Å². The number of anilines is 1. The largest absolute Gasteiger partial charge is 0.495 e. The Labute approximate surface area is 93.5 Å². The molecule has 0 spiro atoms. The number of aliphatic hydroxyl groups excluding tert-OH is 1. The minimum atomic E-state index is 0.172. The number of nitrogens with zero attached hydrogens (tertiary/aromatic N) is 2. The Morgan fingerprint density at radius 1 is 1.50 bits per heavy atom. The molecular formula is C11H15N3O2. The van der Waals surface area contributed by atoms with Crippen molar-refractivity contribution in [2.24, 2.45) is 0 Å². The Balaban J connectivity index is 2.43. The molecule has 1 aromatic heterocycles. The number of methoxy groups -OCH3 is 1. The number of aryl methyl sites for hydroxylation is 1. The summed E-state index contributed by atoms with van der Waals surface area (Å²) >= 11 is 0. The molecule has 16 heavy (non-hydrogen) atoms. The van der Waals surface area contributed by atoms with Crippen LogP contribution in [-0.4, -0.2) is 28.4 Å². The normalized spacial score (nSPS) is 10.9. The molecule has 0 unspecified atom stereocenters. The van der Waals surface area contributed by atoms with Crippen molar-refractivity contribution >= 4 is 16.7 Å². The first kappa shape index (κ1) is 10.8. The van der Waals surface area contributed by atoms with Crippen LogP contribution in [0, 0.1) is 0 Å². The van der Waals surface area contributed by atoms with Gasteiger partial charge in [-0.25, -0.2) is 4.98 Å². The monoisotopic (exact) mass is 221 g/mol. The van der Waals surface area contributed by atoms with E-state index in [2.05, 4.69) is 4.98 Å². The Bertz CT molecular complexity index is 493. The topological polar surface area (TPSA) is 73.3 Å². The average Bonchev–Trinajstić information content (AvgIpc) is 2.67. The van der Waals surface area contributed by atoms with E-state index in [-0.39, 0.29) is 6.61 Å². The van der Waals surface area contributed by atoms with Crippen LogP contribution in [-0.2, 0) is 6.54 Å². The molecule has 0 bridgehead atoms. The van der Waals surface area contributed by atoms with Gasteiger partial charge in [0.2, 0.25) is 0 Å². The van der Waals surface area contributed by atoms with Crippen molar-refractivity contribution in [3.63, 3.8) is 0 Å². The van der Waals surface area contributed by atoms with E-state index in [4.69, 9.17) is 15.6 Å². The molecule has 0 radical (unpaired) electrons. The van der Waals surface area contributed by atoms with Crippen LogP contribution in [0.4, 0.5) is 5.69 Å². The van der Waals surface area contributed by atoms with Gasteiger partial charge in [0.25, 0.3) is 0 Å². The molecular weight excluding hydrogens is 206 g/mol. The number of ether oxygens (including phenoxy) is 1. The molecule has 2 aromatic rings. The summed E-state index contributed by atoms with van der Waals surface area (Å²) in [5.74, 6) is 0.639. The van der Waals surface area contributed by atoms with E-state index in [1.165, 1.54) is 0 Å². The summed E-state index contributed by atoms with van der Waals surface area (Å²) in [6.45, 7) is 0.907. The summed E-state index contributed by atoms with van der Waals surface area (Å²) in [6, 6.07) is 3.67. The number of hydrogen-bond acceptors (Lipinski definition) is 4. The number of nitrogens with two attached hydrogens (primary N) is 1. The van der Waals surface area contributed by atoms with E-state index < -0.39 is 0 Å². The molecule has 5 nitrogen and oxygen atoms in total. The van der Waals surface area contributed by atoms with Crippen molar-refractivity contribution in [3.8, 4) is 5.75 Å². The van der Waals surface area contributed by atoms with E-state index in [1.54, 1.807) is 13.4 Å². The summed E-state index contributed by atoms with van der Waals surface area (Å²) in [7, 11) is 1.58. The lowest BCUT2D eigenvalue weighted by Crippen LogP contribution is -1.99. The molecule has 0 saturated heterocycles. The standard InChI is InChI=1S/C11H15N3O2/c1-16-11-6-9-10(5-8(11)12)14(7-13-9)3-2-4-15/h5-7,15H,2-4,12H2,1H3. The Kier molecular flexibility index (Phi) is 2.96. The molecule has 0 aliphatic rings. The Morgan fingerprint density at radius 2 is 2.31 bits per heavy atom. The van der Waals surface area contributed by atoms with Crippen LogP contribution in [0.3, 0.4) is 0 Å². The first-order valence-electron chi connectivity index (χ1n) is 5.15. The number of imidazole rings is 1. The molecule has 86 valence electrons. The average molecular weight is 221 g/mol. The van der Waals surface area contributed by atoms with Gasteiger partial charge >= 0.3 is 0 Å². The molecule has 0 atom stereocenters. The van der Waals surface area contributed by atoms with Gasteiger partial charge in [0, 0.05) is 19.2 Å². The summed E-state index contributed by atoms with van der Waals surface area (Å²) in [5.41, 5.74) is 8.25. The van der Waals surface area contributed by atoms with Crippen molar-refractivity contribution in [3.05, 3.63) is 18.5 Å². The predicted molar refractivity (Wildman–Crippen MR) is 62.4 cm³/mol. The third kappa shape index (κ3) is 1.81. The van der Waals surface area contributed by atoms with Gasteiger partial charge in [-0.15, -0.1) is 0 Å². The van der Waals surface area contributed by atoms with E-state index in [9.17, 15) is 0 Å². The summed E-state index contributed by atoms with van der Waals surface area (Å²) in [6.07, 6.45) is 2.45. The molecule has 0 amide bonds. The van der Waals surface area contributed by atoms with Gasteiger partial charge in [0.15, 0.2) is 0 Å². The van der Waals surface area contributed by atoms with Crippen molar-refractivity contribution in [1.82, 2.24) is 9.55 Å². The lowest BCUT2D eigenvalue weighted by atomic mass is 10.2. The maximum atomic E-state index is 8.80. The highest BCUT2D eigenvalue weighted by molar-refractivity contribution is 5.82. The van der Waals surface area contributed by atoms with E-state index in [0.29, 0.717) is 17.9 Å². The Morgan fingerprint density at radius 3 is 3.00 bits per heavy atom. The molecule has 5 heteroatoms. The van der Waals surface area contributed by atoms with Crippen LogP contribution in [0.2, 0.25) is 0 Å². The second-order valence-corrected chi connectivity index (χ2v) is 3.60. The minimum Gasteiger partial charge on any atom is -0.495 e. The number of aromatic nitrogens is 2. The first-order chi connectivity index (χ1) is 7.76. The third-order valence-electron chi connectivity index (χ3n) is 2.53. The van der Waals surface area contributed by atoms with Gasteiger partial charge in [-0.1, -0.05) is 0 Å². The van der Waals surface area contributed by atoms with Crippen molar-refractivity contribution in [1.29, 1.82) is 0 Å². The SMILES string of the molecule is COc1cc2ncn(CCCO)c2cc1N. The summed E-state index contributed by atoms with van der Waals surface area (Å²) in [5, 5.41) is 8.80.